The molecule has 0 fully saturated rings. The van der Waals surface area contributed by atoms with Crippen molar-refractivity contribution in [3.63, 3.8) is 0 Å². The van der Waals surface area contributed by atoms with Gasteiger partial charge in [-0.15, -0.1) is 0 Å². The van der Waals surface area contributed by atoms with E-state index in [9.17, 15) is 0 Å². The highest BCUT2D eigenvalue weighted by molar-refractivity contribution is 6.29. The molecule has 0 saturated heterocycles. The van der Waals surface area contributed by atoms with E-state index in [4.69, 9.17) is 14.4 Å². The molecular weight excluding hydrogens is 721 g/mol. The minimum Gasteiger partial charge on any atom is -0.455 e. The maximum Gasteiger partial charge on any atom is 0.235 e. The third kappa shape index (κ3) is 4.61. The normalized spacial score (nSPS) is 12.1. The van der Waals surface area contributed by atoms with Gasteiger partial charge in [-0.05, 0) is 64.4 Å². The Labute approximate surface area is 337 Å². The van der Waals surface area contributed by atoms with Crippen LogP contribution in [0.25, 0.3) is 121 Å². The van der Waals surface area contributed by atoms with Gasteiger partial charge in [0.05, 0.1) is 38.7 Å². The second-order valence-electron chi connectivity index (χ2n) is 15.3. The first-order valence-corrected chi connectivity index (χ1v) is 20.0. The molecule has 13 rings (SSSR count). The molecule has 4 aromatic heterocycles. The minimum absolute atomic E-state index is 0.601. The van der Waals surface area contributed by atoms with Crippen molar-refractivity contribution in [1.29, 1.82) is 0 Å². The van der Waals surface area contributed by atoms with Crippen molar-refractivity contribution in [2.45, 2.75) is 0 Å². The number of fused-ring (bicyclic) bond motifs is 14. The molecule has 0 amide bonds. The van der Waals surface area contributed by atoms with Crippen molar-refractivity contribution in [1.82, 2.24) is 19.1 Å². The predicted molar refractivity (Wildman–Crippen MR) is 244 cm³/mol. The largest absolute Gasteiger partial charge is 0.455 e. The van der Waals surface area contributed by atoms with E-state index in [1.807, 2.05) is 6.07 Å². The second kappa shape index (κ2) is 12.2. The number of rotatable bonds is 4. The lowest BCUT2D eigenvalue weighted by Gasteiger charge is -2.15. The zero-order valence-corrected chi connectivity index (χ0v) is 31.7. The highest BCUT2D eigenvalue weighted by atomic mass is 16.3. The molecule has 0 bridgehead atoms. The summed E-state index contributed by atoms with van der Waals surface area (Å²) in [6.45, 7) is 0. The molecule has 0 aliphatic rings. The molecule has 9 aromatic carbocycles. The van der Waals surface area contributed by atoms with Crippen LogP contribution in [0.3, 0.4) is 0 Å². The second-order valence-corrected chi connectivity index (χ2v) is 15.3. The smallest absolute Gasteiger partial charge is 0.235 e. The molecule has 5 heteroatoms. The average molecular weight is 753 g/mol. The summed E-state index contributed by atoms with van der Waals surface area (Å²) in [5.74, 6) is 0.601. The first-order valence-electron chi connectivity index (χ1n) is 20.0. The van der Waals surface area contributed by atoms with E-state index >= 15 is 0 Å². The Morgan fingerprint density at radius 3 is 1.93 bits per heavy atom. The molecule has 0 saturated carbocycles. The van der Waals surface area contributed by atoms with Crippen molar-refractivity contribution in [2.24, 2.45) is 0 Å². The Balaban J connectivity index is 1.24. The molecule has 0 aliphatic carbocycles. The molecule has 0 spiro atoms. The van der Waals surface area contributed by atoms with Crippen LogP contribution in [-0.2, 0) is 0 Å². The molecule has 0 atom stereocenters. The van der Waals surface area contributed by atoms with Gasteiger partial charge in [0, 0.05) is 43.6 Å². The van der Waals surface area contributed by atoms with Gasteiger partial charge in [0.25, 0.3) is 0 Å². The summed E-state index contributed by atoms with van der Waals surface area (Å²) in [6.07, 6.45) is 0. The maximum atomic E-state index is 6.82. The van der Waals surface area contributed by atoms with Crippen LogP contribution in [0.1, 0.15) is 0 Å². The first-order chi connectivity index (χ1) is 29.3. The van der Waals surface area contributed by atoms with Crippen LogP contribution in [0.4, 0.5) is 0 Å². The zero-order chi connectivity index (χ0) is 38.6. The van der Waals surface area contributed by atoms with Crippen LogP contribution >= 0.6 is 0 Å². The van der Waals surface area contributed by atoms with E-state index in [1.54, 1.807) is 0 Å². The summed E-state index contributed by atoms with van der Waals surface area (Å²) >= 11 is 0. The van der Waals surface area contributed by atoms with E-state index in [2.05, 4.69) is 197 Å². The minimum atomic E-state index is 0.601. The van der Waals surface area contributed by atoms with E-state index < -0.39 is 0 Å². The van der Waals surface area contributed by atoms with Crippen molar-refractivity contribution < 1.29 is 4.42 Å². The standard InChI is InChI=1S/C54H32N4O/c1-3-14-33(15-4-1)36-19-13-20-37(32-36)57-45-24-11-9-22-39(45)41-27-28-43-49-46(31-29-42-40-23-10-12-25-47(40)59-53(42)49)58(52(43)51(41)57)54-55-44-30-26-34-16-7-8-21-38(34)48(44)50(56-54)35-17-5-2-6-18-35/h1-32H. The third-order valence-electron chi connectivity index (χ3n) is 12.1. The lowest BCUT2D eigenvalue weighted by molar-refractivity contribution is 0.673. The SMILES string of the molecule is c1ccc(-c2cccc(-n3c4ccccc4c4ccc5c6c7oc8ccccc8c7ccc6n(-c6nc(-c7ccccc7)c7c(ccc8ccccc87)n6)c5c43)c2)cc1. The monoisotopic (exact) mass is 752 g/mol. The van der Waals surface area contributed by atoms with Crippen molar-refractivity contribution >= 4 is 87.2 Å². The van der Waals surface area contributed by atoms with Gasteiger partial charge in [-0.25, -0.2) is 9.97 Å². The lowest BCUT2D eigenvalue weighted by atomic mass is 10.0. The van der Waals surface area contributed by atoms with Gasteiger partial charge in [-0.2, -0.15) is 0 Å². The van der Waals surface area contributed by atoms with E-state index in [0.29, 0.717) is 5.95 Å². The Morgan fingerprint density at radius 2 is 1.07 bits per heavy atom. The molecule has 274 valence electrons. The maximum absolute atomic E-state index is 6.82. The van der Waals surface area contributed by atoms with Gasteiger partial charge in [0.2, 0.25) is 5.95 Å². The number of para-hydroxylation sites is 2. The average Bonchev–Trinajstić information content (AvgIpc) is 3.97. The fraction of sp³-hybridized carbons (Fsp3) is 0. The van der Waals surface area contributed by atoms with Crippen molar-refractivity contribution in [3.05, 3.63) is 194 Å². The van der Waals surface area contributed by atoms with Gasteiger partial charge in [-0.1, -0.05) is 152 Å². The molecule has 4 heterocycles. The predicted octanol–water partition coefficient (Wildman–Crippen LogP) is 14.2. The molecule has 0 aliphatic heterocycles. The van der Waals surface area contributed by atoms with Crippen LogP contribution in [0, 0.1) is 0 Å². The molecule has 0 unspecified atom stereocenters. The molecule has 13 aromatic rings. The molecule has 0 radical (unpaired) electrons. The highest BCUT2D eigenvalue weighted by Gasteiger charge is 2.26. The van der Waals surface area contributed by atoms with Gasteiger partial charge in [0.15, 0.2) is 0 Å². The van der Waals surface area contributed by atoms with Gasteiger partial charge < -0.3 is 8.98 Å². The van der Waals surface area contributed by atoms with Gasteiger partial charge >= 0.3 is 0 Å². The number of furan rings is 1. The van der Waals surface area contributed by atoms with E-state index in [-0.39, 0.29) is 0 Å². The summed E-state index contributed by atoms with van der Waals surface area (Å²) in [6, 6.07) is 68.8. The number of nitrogens with zero attached hydrogens (tertiary/aromatic N) is 4. The van der Waals surface area contributed by atoms with Crippen LogP contribution < -0.4 is 0 Å². The fourth-order valence-corrected chi connectivity index (χ4v) is 9.54. The summed E-state index contributed by atoms with van der Waals surface area (Å²) in [5.41, 5.74) is 12.1. The van der Waals surface area contributed by atoms with Crippen LogP contribution in [-0.4, -0.2) is 19.1 Å². The topological polar surface area (TPSA) is 48.8 Å². The Kier molecular flexibility index (Phi) is 6.66. The summed E-state index contributed by atoms with van der Waals surface area (Å²) in [5, 5.41) is 9.93. The third-order valence-corrected chi connectivity index (χ3v) is 12.1. The molecule has 59 heavy (non-hydrogen) atoms. The van der Waals surface area contributed by atoms with Crippen molar-refractivity contribution in [2.75, 3.05) is 0 Å². The quantitative estimate of drug-likeness (QED) is 0.168. The van der Waals surface area contributed by atoms with Gasteiger partial charge in [-0.3, -0.25) is 4.57 Å². The number of benzene rings is 9. The van der Waals surface area contributed by atoms with Gasteiger partial charge in [0.1, 0.15) is 11.2 Å². The summed E-state index contributed by atoms with van der Waals surface area (Å²) in [7, 11) is 0. The Bertz CT molecular complexity index is 3840. The van der Waals surface area contributed by atoms with Crippen molar-refractivity contribution in [3.8, 4) is 34.0 Å². The summed E-state index contributed by atoms with van der Waals surface area (Å²) < 4.78 is 11.5. The molecule has 0 N–H and O–H groups in total. The first kappa shape index (κ1) is 32.1. The molecular formula is C54H32N4O. The summed E-state index contributed by atoms with van der Waals surface area (Å²) in [4.78, 5) is 11.1. The van der Waals surface area contributed by atoms with Crippen LogP contribution in [0.2, 0.25) is 0 Å². The Morgan fingerprint density at radius 1 is 0.390 bits per heavy atom. The number of hydrogen-bond acceptors (Lipinski definition) is 3. The number of aromatic nitrogens is 4. The molecule has 5 nitrogen and oxygen atoms in total. The lowest BCUT2D eigenvalue weighted by Crippen LogP contribution is -2.05. The van der Waals surface area contributed by atoms with E-state index in [0.717, 1.165) is 104 Å². The van der Waals surface area contributed by atoms with E-state index in [1.165, 1.54) is 10.9 Å². The fourth-order valence-electron chi connectivity index (χ4n) is 9.54. The van der Waals surface area contributed by atoms with Crippen LogP contribution in [0.5, 0.6) is 0 Å². The zero-order valence-electron chi connectivity index (χ0n) is 31.7. The van der Waals surface area contributed by atoms with Crippen LogP contribution in [0.15, 0.2) is 199 Å². The number of hydrogen-bond donors (Lipinski definition) is 0. The highest BCUT2D eigenvalue weighted by Crippen LogP contribution is 2.46. The Hall–Kier alpha value is -8.02.